The lowest BCUT2D eigenvalue weighted by Gasteiger charge is -2.36. The first-order valence-electron chi connectivity index (χ1n) is 13.4. The molecule has 0 bridgehead atoms. The van der Waals surface area contributed by atoms with Gasteiger partial charge in [-0.15, -0.1) is 0 Å². The second kappa shape index (κ2) is 11.4. The Bertz CT molecular complexity index is 1110. The molecule has 0 spiro atoms. The number of halogens is 1. The average Bonchev–Trinajstić information content (AvgIpc) is 2.89. The molecule has 3 atom stereocenters. The molecule has 2 aliphatic rings. The van der Waals surface area contributed by atoms with Gasteiger partial charge < -0.3 is 15.5 Å². The van der Waals surface area contributed by atoms with Crippen LogP contribution in [0.4, 0.5) is 4.39 Å². The normalized spacial score (nSPS) is 22.3. The van der Waals surface area contributed by atoms with Crippen molar-refractivity contribution < 1.29 is 18.8 Å². The van der Waals surface area contributed by atoms with Gasteiger partial charge in [-0.1, -0.05) is 45.7 Å². The topological polar surface area (TPSA) is 78.5 Å². The van der Waals surface area contributed by atoms with Crippen LogP contribution in [0.15, 0.2) is 48.5 Å². The van der Waals surface area contributed by atoms with Gasteiger partial charge in [0.25, 0.3) is 11.8 Å². The third kappa shape index (κ3) is 6.76. The SMILES string of the molecule is CC(C)(C)c1ccc(C(=O)N2CCC[C@@H](C(=O)N[C@@H]3CCCC[C@H]3NC(=O)c3ccc(F)cc3)C2)cc1. The van der Waals surface area contributed by atoms with E-state index < -0.39 is 0 Å². The predicted octanol–water partition coefficient (Wildman–Crippen LogP) is 4.83. The van der Waals surface area contributed by atoms with Gasteiger partial charge in [-0.3, -0.25) is 14.4 Å². The Kier molecular flexibility index (Phi) is 8.30. The Morgan fingerprint density at radius 3 is 2.03 bits per heavy atom. The minimum absolute atomic E-state index is 0.0192. The van der Waals surface area contributed by atoms with Crippen LogP contribution in [0.25, 0.3) is 0 Å². The van der Waals surface area contributed by atoms with E-state index in [2.05, 4.69) is 31.4 Å². The van der Waals surface area contributed by atoms with E-state index in [1.54, 1.807) is 4.90 Å². The Labute approximate surface area is 219 Å². The van der Waals surface area contributed by atoms with E-state index in [1.807, 2.05) is 24.3 Å². The molecule has 0 unspecified atom stereocenters. The van der Waals surface area contributed by atoms with Crippen molar-refractivity contribution in [2.75, 3.05) is 13.1 Å². The molecule has 1 saturated heterocycles. The number of likely N-dealkylation sites (tertiary alicyclic amines) is 1. The van der Waals surface area contributed by atoms with E-state index in [0.29, 0.717) is 24.2 Å². The lowest BCUT2D eigenvalue weighted by molar-refractivity contribution is -0.127. The molecular formula is C30H38FN3O3. The summed E-state index contributed by atoms with van der Waals surface area (Å²) in [5.74, 6) is -1.03. The summed E-state index contributed by atoms with van der Waals surface area (Å²) in [5.41, 5.74) is 2.23. The van der Waals surface area contributed by atoms with Crippen molar-refractivity contribution >= 4 is 17.7 Å². The molecule has 0 radical (unpaired) electrons. The van der Waals surface area contributed by atoms with Gasteiger partial charge in [-0.05, 0) is 73.1 Å². The molecule has 2 N–H and O–H groups in total. The second-order valence-corrected chi connectivity index (χ2v) is 11.4. The molecule has 1 heterocycles. The highest BCUT2D eigenvalue weighted by atomic mass is 19.1. The first-order valence-corrected chi connectivity index (χ1v) is 13.4. The van der Waals surface area contributed by atoms with Gasteiger partial charge in [-0.2, -0.15) is 0 Å². The molecule has 2 aromatic carbocycles. The summed E-state index contributed by atoms with van der Waals surface area (Å²) < 4.78 is 13.2. The first kappa shape index (κ1) is 26.8. The average molecular weight is 508 g/mol. The van der Waals surface area contributed by atoms with E-state index >= 15 is 0 Å². The molecule has 4 rings (SSSR count). The molecule has 1 saturated carbocycles. The number of nitrogens with one attached hydrogen (secondary N) is 2. The van der Waals surface area contributed by atoms with Crippen molar-refractivity contribution in [2.45, 2.75) is 76.8 Å². The van der Waals surface area contributed by atoms with Crippen LogP contribution in [0.5, 0.6) is 0 Å². The van der Waals surface area contributed by atoms with Crippen molar-refractivity contribution in [1.82, 2.24) is 15.5 Å². The fourth-order valence-corrected chi connectivity index (χ4v) is 5.30. The van der Waals surface area contributed by atoms with E-state index in [1.165, 1.54) is 29.8 Å². The van der Waals surface area contributed by atoms with E-state index in [4.69, 9.17) is 0 Å². The number of carbonyl (C=O) groups excluding carboxylic acids is 3. The highest BCUT2D eigenvalue weighted by Gasteiger charge is 2.33. The summed E-state index contributed by atoms with van der Waals surface area (Å²) in [6.45, 7) is 7.46. The molecule has 37 heavy (non-hydrogen) atoms. The van der Waals surface area contributed by atoms with Crippen molar-refractivity contribution in [3.8, 4) is 0 Å². The van der Waals surface area contributed by atoms with Crippen molar-refractivity contribution in [3.05, 3.63) is 71.0 Å². The van der Waals surface area contributed by atoms with Crippen molar-refractivity contribution in [3.63, 3.8) is 0 Å². The predicted molar refractivity (Wildman–Crippen MR) is 142 cm³/mol. The zero-order chi connectivity index (χ0) is 26.6. The van der Waals surface area contributed by atoms with Crippen molar-refractivity contribution in [2.24, 2.45) is 5.92 Å². The zero-order valence-electron chi connectivity index (χ0n) is 22.1. The fraction of sp³-hybridized carbons (Fsp3) is 0.500. The van der Waals surface area contributed by atoms with Crippen LogP contribution < -0.4 is 10.6 Å². The molecule has 2 fully saturated rings. The molecule has 198 valence electrons. The van der Waals surface area contributed by atoms with Gasteiger partial charge >= 0.3 is 0 Å². The third-order valence-corrected chi connectivity index (χ3v) is 7.59. The van der Waals surface area contributed by atoms with Gasteiger partial charge in [0.1, 0.15) is 5.82 Å². The molecule has 3 amide bonds. The highest BCUT2D eigenvalue weighted by Crippen LogP contribution is 2.25. The number of carbonyl (C=O) groups is 3. The molecule has 1 aliphatic heterocycles. The lowest BCUT2D eigenvalue weighted by Crippen LogP contribution is -2.55. The Morgan fingerprint density at radius 1 is 0.811 bits per heavy atom. The number of nitrogens with zero attached hydrogens (tertiary/aromatic N) is 1. The van der Waals surface area contributed by atoms with E-state index in [0.717, 1.165) is 38.5 Å². The smallest absolute Gasteiger partial charge is 0.253 e. The number of amides is 3. The number of piperidine rings is 1. The number of rotatable bonds is 5. The largest absolute Gasteiger partial charge is 0.351 e. The highest BCUT2D eigenvalue weighted by molar-refractivity contribution is 5.95. The molecule has 1 aliphatic carbocycles. The van der Waals surface area contributed by atoms with Crippen LogP contribution in [0.1, 0.15) is 85.6 Å². The van der Waals surface area contributed by atoms with Crippen molar-refractivity contribution in [1.29, 1.82) is 0 Å². The summed E-state index contributed by atoms with van der Waals surface area (Å²) in [6.07, 6.45) is 5.03. The first-order chi connectivity index (χ1) is 17.6. The lowest BCUT2D eigenvalue weighted by atomic mass is 9.86. The maximum Gasteiger partial charge on any atom is 0.253 e. The summed E-state index contributed by atoms with van der Waals surface area (Å²) in [4.78, 5) is 40.9. The summed E-state index contributed by atoms with van der Waals surface area (Å²) in [7, 11) is 0. The standard InChI is InChI=1S/C30H38FN3O3/c1-30(2,3)23-14-10-21(11-15-23)29(37)34-18-6-7-22(19-34)28(36)33-26-9-5-4-8-25(26)32-27(35)20-12-16-24(31)17-13-20/h10-17,22,25-26H,4-9,18-19H2,1-3H3,(H,32,35)(H,33,36)/t22-,25-,26-/m1/s1. The van der Waals surface area contributed by atoms with Crippen LogP contribution in [-0.4, -0.2) is 47.8 Å². The minimum atomic E-state index is -0.388. The Balaban J connectivity index is 1.36. The number of hydrogen-bond acceptors (Lipinski definition) is 3. The van der Waals surface area contributed by atoms with Crippen LogP contribution in [0.3, 0.4) is 0 Å². The van der Waals surface area contributed by atoms with Crippen LogP contribution in [0.2, 0.25) is 0 Å². The third-order valence-electron chi connectivity index (χ3n) is 7.59. The molecule has 2 aromatic rings. The van der Waals surface area contributed by atoms with Crippen LogP contribution >= 0.6 is 0 Å². The molecular weight excluding hydrogens is 469 g/mol. The summed E-state index contributed by atoms with van der Waals surface area (Å²) in [6, 6.07) is 12.9. The molecule has 0 aromatic heterocycles. The van der Waals surface area contributed by atoms with Gasteiger partial charge in [0.2, 0.25) is 5.91 Å². The van der Waals surface area contributed by atoms with E-state index in [9.17, 15) is 18.8 Å². The Morgan fingerprint density at radius 2 is 1.41 bits per heavy atom. The maximum atomic E-state index is 13.3. The second-order valence-electron chi connectivity index (χ2n) is 11.4. The molecule has 6 nitrogen and oxygen atoms in total. The van der Waals surface area contributed by atoms with Gasteiger partial charge in [0.15, 0.2) is 0 Å². The Hall–Kier alpha value is -3.22. The van der Waals surface area contributed by atoms with Gasteiger partial charge in [0, 0.05) is 36.3 Å². The number of hydrogen-bond donors (Lipinski definition) is 2. The summed E-state index contributed by atoms with van der Waals surface area (Å²) in [5, 5.41) is 6.21. The van der Waals surface area contributed by atoms with Crippen LogP contribution in [-0.2, 0) is 10.2 Å². The quantitative estimate of drug-likeness (QED) is 0.608. The maximum absolute atomic E-state index is 13.3. The van der Waals surface area contributed by atoms with Gasteiger partial charge in [-0.25, -0.2) is 4.39 Å². The summed E-state index contributed by atoms with van der Waals surface area (Å²) >= 11 is 0. The molecule has 7 heteroatoms. The fourth-order valence-electron chi connectivity index (χ4n) is 5.30. The monoisotopic (exact) mass is 507 g/mol. The minimum Gasteiger partial charge on any atom is -0.351 e. The number of benzene rings is 2. The van der Waals surface area contributed by atoms with Gasteiger partial charge in [0.05, 0.1) is 5.92 Å². The van der Waals surface area contributed by atoms with Crippen LogP contribution in [0, 0.1) is 11.7 Å². The zero-order valence-corrected chi connectivity index (χ0v) is 22.1. The van der Waals surface area contributed by atoms with E-state index in [-0.39, 0.29) is 47.0 Å².